The Balaban J connectivity index is 1.66. The topological polar surface area (TPSA) is 86.6 Å². The van der Waals surface area contributed by atoms with Gasteiger partial charge in [-0.15, -0.1) is 0 Å². The van der Waals surface area contributed by atoms with Crippen LogP contribution >= 0.6 is 0 Å². The summed E-state index contributed by atoms with van der Waals surface area (Å²) in [6, 6.07) is 5.01. The van der Waals surface area contributed by atoms with Crippen molar-refractivity contribution in [1.82, 2.24) is 14.9 Å². The maximum atomic E-state index is 12.7. The number of nitrogens with zero attached hydrogens (tertiary/aromatic N) is 4. The largest absolute Gasteiger partial charge is 0.477 e. The zero-order valence-electron chi connectivity index (χ0n) is 14.7. The van der Waals surface area contributed by atoms with Gasteiger partial charge in [-0.05, 0) is 30.7 Å². The number of alkyl halides is 3. The number of aromatic nitrogens is 2. The van der Waals surface area contributed by atoms with Crippen molar-refractivity contribution in [1.29, 1.82) is 0 Å². The summed E-state index contributed by atoms with van der Waals surface area (Å²) in [5.41, 5.74) is -0.668. The van der Waals surface area contributed by atoms with Gasteiger partial charge in [0.05, 0.1) is 11.1 Å². The number of hydrogen-bond acceptors (Lipinski definition) is 5. The molecular weight excluding hydrogens is 377 g/mol. The standard InChI is InChI=1S/C18H17F3N4O3/c19-18(20,21)13-3-5-15(23-11-13)24-6-1-7-25(9-8-24)16(26)12-2-4-14(17(27)28)22-10-12/h2-5,10-11H,1,6-9H2,(H,27,28). The van der Waals surface area contributed by atoms with E-state index >= 15 is 0 Å². The average molecular weight is 394 g/mol. The van der Waals surface area contributed by atoms with Crippen LogP contribution < -0.4 is 4.90 Å². The smallest absolute Gasteiger partial charge is 0.417 e. The molecule has 0 radical (unpaired) electrons. The van der Waals surface area contributed by atoms with Crippen molar-refractivity contribution in [3.63, 3.8) is 0 Å². The molecule has 7 nitrogen and oxygen atoms in total. The van der Waals surface area contributed by atoms with E-state index in [9.17, 15) is 22.8 Å². The molecule has 2 aromatic heterocycles. The maximum Gasteiger partial charge on any atom is 0.417 e. The first-order valence-electron chi connectivity index (χ1n) is 8.52. The van der Waals surface area contributed by atoms with Gasteiger partial charge in [0.25, 0.3) is 5.91 Å². The second kappa shape index (κ2) is 7.83. The third-order valence-corrected chi connectivity index (χ3v) is 4.41. The summed E-state index contributed by atoms with van der Waals surface area (Å²) >= 11 is 0. The molecule has 148 valence electrons. The number of aromatic carboxylic acids is 1. The lowest BCUT2D eigenvalue weighted by Gasteiger charge is -2.23. The zero-order chi connectivity index (χ0) is 20.3. The molecule has 1 amide bonds. The number of carboxylic acid groups (broad SMARTS) is 1. The minimum Gasteiger partial charge on any atom is -0.477 e. The molecule has 0 aromatic carbocycles. The molecule has 3 rings (SSSR count). The second-order valence-electron chi connectivity index (χ2n) is 6.27. The molecule has 0 aliphatic carbocycles. The number of anilines is 1. The molecule has 1 aliphatic heterocycles. The molecule has 0 unspecified atom stereocenters. The van der Waals surface area contributed by atoms with Gasteiger partial charge in [-0.1, -0.05) is 0 Å². The fourth-order valence-electron chi connectivity index (χ4n) is 2.92. The Hall–Kier alpha value is -3.17. The van der Waals surface area contributed by atoms with Gasteiger partial charge in [0.1, 0.15) is 11.5 Å². The van der Waals surface area contributed by atoms with Crippen LogP contribution in [0.2, 0.25) is 0 Å². The van der Waals surface area contributed by atoms with Crippen LogP contribution in [0.25, 0.3) is 0 Å². The molecule has 28 heavy (non-hydrogen) atoms. The summed E-state index contributed by atoms with van der Waals surface area (Å²) in [4.78, 5) is 34.6. The Morgan fingerprint density at radius 1 is 0.964 bits per heavy atom. The number of carbonyl (C=O) groups is 2. The quantitative estimate of drug-likeness (QED) is 0.861. The van der Waals surface area contributed by atoms with Gasteiger partial charge in [-0.3, -0.25) is 4.79 Å². The zero-order valence-corrected chi connectivity index (χ0v) is 14.7. The van der Waals surface area contributed by atoms with E-state index < -0.39 is 17.7 Å². The third kappa shape index (κ3) is 4.38. The SMILES string of the molecule is O=C(O)c1ccc(C(=O)N2CCCN(c3ccc(C(F)(F)F)cn3)CC2)cn1. The molecule has 0 atom stereocenters. The van der Waals surface area contributed by atoms with Gasteiger partial charge < -0.3 is 14.9 Å². The molecular formula is C18H17F3N4O3. The first-order chi connectivity index (χ1) is 13.3. The van der Waals surface area contributed by atoms with Gasteiger partial charge in [-0.25, -0.2) is 14.8 Å². The van der Waals surface area contributed by atoms with Crippen molar-refractivity contribution >= 4 is 17.7 Å². The number of carboxylic acids is 1. The van der Waals surface area contributed by atoms with Crippen molar-refractivity contribution in [2.24, 2.45) is 0 Å². The van der Waals surface area contributed by atoms with Crippen molar-refractivity contribution < 1.29 is 27.9 Å². The van der Waals surface area contributed by atoms with Gasteiger partial charge in [0, 0.05) is 38.6 Å². The fraction of sp³-hybridized carbons (Fsp3) is 0.333. The normalized spacial score (nSPS) is 15.2. The van der Waals surface area contributed by atoms with Gasteiger partial charge in [0.15, 0.2) is 0 Å². The predicted molar refractivity (Wildman–Crippen MR) is 93.2 cm³/mol. The highest BCUT2D eigenvalue weighted by Crippen LogP contribution is 2.29. The number of hydrogen-bond donors (Lipinski definition) is 1. The summed E-state index contributed by atoms with van der Waals surface area (Å²) < 4.78 is 38.0. The van der Waals surface area contributed by atoms with E-state index in [1.807, 2.05) is 4.90 Å². The van der Waals surface area contributed by atoms with Crippen LogP contribution in [-0.4, -0.2) is 58.0 Å². The van der Waals surface area contributed by atoms with E-state index in [0.717, 1.165) is 12.3 Å². The number of carbonyl (C=O) groups excluding carboxylic acids is 1. The Labute approximate surface area is 158 Å². The maximum absolute atomic E-state index is 12.7. The monoisotopic (exact) mass is 394 g/mol. The lowest BCUT2D eigenvalue weighted by Crippen LogP contribution is -2.35. The van der Waals surface area contributed by atoms with Crippen molar-refractivity contribution in [3.8, 4) is 0 Å². The van der Waals surface area contributed by atoms with Crippen LogP contribution in [-0.2, 0) is 6.18 Å². The number of rotatable bonds is 3. The van der Waals surface area contributed by atoms with E-state index in [0.29, 0.717) is 38.4 Å². The van der Waals surface area contributed by atoms with Gasteiger partial charge in [-0.2, -0.15) is 13.2 Å². The molecule has 1 aliphatic rings. The fourth-order valence-corrected chi connectivity index (χ4v) is 2.92. The van der Waals surface area contributed by atoms with Crippen LogP contribution in [0.5, 0.6) is 0 Å². The molecule has 0 saturated carbocycles. The van der Waals surface area contributed by atoms with E-state index in [1.165, 1.54) is 24.4 Å². The van der Waals surface area contributed by atoms with Crippen molar-refractivity contribution in [2.75, 3.05) is 31.1 Å². The summed E-state index contributed by atoms with van der Waals surface area (Å²) in [6.07, 6.45) is -1.78. The van der Waals surface area contributed by atoms with Gasteiger partial charge in [0.2, 0.25) is 0 Å². The van der Waals surface area contributed by atoms with Crippen LogP contribution in [0.3, 0.4) is 0 Å². The van der Waals surface area contributed by atoms with Crippen LogP contribution in [0.1, 0.15) is 32.8 Å². The Morgan fingerprint density at radius 2 is 1.75 bits per heavy atom. The van der Waals surface area contributed by atoms with Crippen LogP contribution in [0.4, 0.5) is 19.0 Å². The Bertz CT molecular complexity index is 854. The Morgan fingerprint density at radius 3 is 2.32 bits per heavy atom. The van der Waals surface area contributed by atoms with Crippen molar-refractivity contribution in [2.45, 2.75) is 12.6 Å². The molecule has 1 saturated heterocycles. The molecule has 0 bridgehead atoms. The molecule has 2 aromatic rings. The minimum absolute atomic E-state index is 0.146. The van der Waals surface area contributed by atoms with E-state index in [4.69, 9.17) is 5.11 Å². The second-order valence-corrected chi connectivity index (χ2v) is 6.27. The molecule has 1 fully saturated rings. The summed E-state index contributed by atoms with van der Waals surface area (Å²) in [7, 11) is 0. The highest BCUT2D eigenvalue weighted by Gasteiger charge is 2.31. The molecule has 10 heteroatoms. The molecule has 3 heterocycles. The third-order valence-electron chi connectivity index (χ3n) is 4.41. The lowest BCUT2D eigenvalue weighted by atomic mass is 10.2. The van der Waals surface area contributed by atoms with Gasteiger partial charge >= 0.3 is 12.1 Å². The number of amides is 1. The van der Waals surface area contributed by atoms with E-state index in [1.54, 1.807) is 4.90 Å². The average Bonchev–Trinajstić information content (AvgIpc) is 2.93. The summed E-state index contributed by atoms with van der Waals surface area (Å²) in [6.45, 7) is 1.81. The number of pyridine rings is 2. The highest BCUT2D eigenvalue weighted by molar-refractivity contribution is 5.95. The van der Waals surface area contributed by atoms with Crippen LogP contribution in [0.15, 0.2) is 36.7 Å². The number of halogens is 3. The minimum atomic E-state index is -4.43. The molecule has 1 N–H and O–H groups in total. The highest BCUT2D eigenvalue weighted by atomic mass is 19.4. The first kappa shape index (κ1) is 19.6. The summed E-state index contributed by atoms with van der Waals surface area (Å²) in [5, 5.41) is 8.87. The van der Waals surface area contributed by atoms with E-state index in [2.05, 4.69) is 9.97 Å². The van der Waals surface area contributed by atoms with Crippen LogP contribution in [0, 0.1) is 0 Å². The van der Waals surface area contributed by atoms with E-state index in [-0.39, 0.29) is 17.2 Å². The lowest BCUT2D eigenvalue weighted by molar-refractivity contribution is -0.137. The van der Waals surface area contributed by atoms with Crippen molar-refractivity contribution in [3.05, 3.63) is 53.5 Å². The molecule has 0 spiro atoms. The Kier molecular flexibility index (Phi) is 5.48. The first-order valence-corrected chi connectivity index (χ1v) is 8.52. The predicted octanol–water partition coefficient (Wildman–Crippen LogP) is 2.55. The summed E-state index contributed by atoms with van der Waals surface area (Å²) in [5.74, 6) is -1.02.